The Balaban J connectivity index is 2.18. The van der Waals surface area contributed by atoms with Gasteiger partial charge < -0.3 is 10.1 Å². The predicted molar refractivity (Wildman–Crippen MR) is 76.8 cm³/mol. The number of ether oxygens (including phenoxy) is 1. The van der Waals surface area contributed by atoms with Crippen LogP contribution in [-0.2, 0) is 11.3 Å². The first-order chi connectivity index (χ1) is 8.88. The number of hydrogen-bond acceptors (Lipinski definition) is 3. The molecule has 0 atom stereocenters. The van der Waals surface area contributed by atoms with Crippen molar-refractivity contribution in [2.24, 2.45) is 0 Å². The summed E-state index contributed by atoms with van der Waals surface area (Å²) in [5, 5.41) is 3.25. The van der Waals surface area contributed by atoms with E-state index in [2.05, 4.69) is 30.2 Å². The lowest BCUT2D eigenvalue weighted by molar-refractivity contribution is 0.117. The van der Waals surface area contributed by atoms with Crippen LogP contribution in [0.25, 0.3) is 0 Å². The highest BCUT2D eigenvalue weighted by Crippen LogP contribution is 2.12. The molecule has 1 rings (SSSR count). The van der Waals surface area contributed by atoms with Crippen molar-refractivity contribution in [1.82, 2.24) is 4.98 Å². The highest BCUT2D eigenvalue weighted by molar-refractivity contribution is 5.42. The molecule has 0 radical (unpaired) electrons. The number of aromatic nitrogens is 1. The topological polar surface area (TPSA) is 34.1 Å². The summed E-state index contributed by atoms with van der Waals surface area (Å²) >= 11 is 0. The van der Waals surface area contributed by atoms with Crippen LogP contribution in [0.4, 0.5) is 5.82 Å². The number of nitrogens with one attached hydrogen (secondary N) is 1. The lowest BCUT2D eigenvalue weighted by atomic mass is 10.2. The molecule has 1 aromatic heterocycles. The van der Waals surface area contributed by atoms with Crippen LogP contribution in [0.3, 0.4) is 0 Å². The quantitative estimate of drug-likeness (QED) is 0.637. The summed E-state index contributed by atoms with van der Waals surface area (Å²) in [6, 6.07) is 4.03. The summed E-state index contributed by atoms with van der Waals surface area (Å²) in [4.78, 5) is 4.32. The Hall–Kier alpha value is -1.09. The van der Waals surface area contributed by atoms with Crippen LogP contribution in [0.5, 0.6) is 0 Å². The minimum Gasteiger partial charge on any atom is -0.377 e. The number of anilines is 1. The lowest BCUT2D eigenvalue weighted by Gasteiger charge is -2.09. The number of rotatable bonds is 10. The second-order valence-electron chi connectivity index (χ2n) is 4.51. The molecule has 0 bridgehead atoms. The average molecular weight is 250 g/mol. The largest absolute Gasteiger partial charge is 0.377 e. The zero-order valence-corrected chi connectivity index (χ0v) is 11.7. The smallest absolute Gasteiger partial charge is 0.131 e. The van der Waals surface area contributed by atoms with Crippen LogP contribution in [-0.4, -0.2) is 18.1 Å². The molecule has 0 saturated carbocycles. The van der Waals surface area contributed by atoms with E-state index in [1.54, 1.807) is 0 Å². The van der Waals surface area contributed by atoms with Crippen molar-refractivity contribution < 1.29 is 4.74 Å². The summed E-state index contributed by atoms with van der Waals surface area (Å²) in [5.41, 5.74) is 1.15. The maximum atomic E-state index is 5.71. The van der Waals surface area contributed by atoms with Crippen molar-refractivity contribution >= 4 is 5.82 Å². The van der Waals surface area contributed by atoms with Gasteiger partial charge in [-0.3, -0.25) is 0 Å². The van der Waals surface area contributed by atoms with Crippen LogP contribution in [0, 0.1) is 0 Å². The van der Waals surface area contributed by atoms with Gasteiger partial charge in [0.05, 0.1) is 6.61 Å². The van der Waals surface area contributed by atoms with Gasteiger partial charge in [-0.05, 0) is 19.4 Å². The van der Waals surface area contributed by atoms with Gasteiger partial charge in [0.1, 0.15) is 5.82 Å². The summed E-state index contributed by atoms with van der Waals surface area (Å²) in [7, 11) is 0. The Kier molecular flexibility index (Phi) is 8.23. The van der Waals surface area contributed by atoms with E-state index in [9.17, 15) is 0 Å². The second-order valence-corrected chi connectivity index (χ2v) is 4.51. The van der Waals surface area contributed by atoms with Crippen molar-refractivity contribution in [2.75, 3.05) is 18.5 Å². The second kappa shape index (κ2) is 9.89. The summed E-state index contributed by atoms with van der Waals surface area (Å²) in [6.45, 7) is 6.71. The highest BCUT2D eigenvalue weighted by Gasteiger charge is 2.01. The first-order valence-corrected chi connectivity index (χ1v) is 7.14. The maximum Gasteiger partial charge on any atom is 0.131 e. The molecule has 3 heteroatoms. The minimum atomic E-state index is 0.657. The van der Waals surface area contributed by atoms with Crippen LogP contribution in [0.2, 0.25) is 0 Å². The van der Waals surface area contributed by atoms with Crippen molar-refractivity contribution in [3.63, 3.8) is 0 Å². The van der Waals surface area contributed by atoms with Gasteiger partial charge in [-0.25, -0.2) is 4.98 Å². The van der Waals surface area contributed by atoms with E-state index in [1.165, 1.54) is 25.7 Å². The molecule has 3 nitrogen and oxygen atoms in total. The fourth-order valence-corrected chi connectivity index (χ4v) is 1.87. The Morgan fingerprint density at radius 1 is 1.17 bits per heavy atom. The molecule has 18 heavy (non-hydrogen) atoms. The molecule has 1 heterocycles. The molecule has 102 valence electrons. The molecule has 1 N–H and O–H groups in total. The SMILES string of the molecule is CCCCCCCOCc1cccnc1NCC. The molecular weight excluding hydrogens is 224 g/mol. The van der Waals surface area contributed by atoms with Gasteiger partial charge in [0.25, 0.3) is 0 Å². The molecule has 0 unspecified atom stereocenters. The fourth-order valence-electron chi connectivity index (χ4n) is 1.87. The molecule has 0 aromatic carbocycles. The van der Waals surface area contributed by atoms with Gasteiger partial charge in [-0.15, -0.1) is 0 Å². The van der Waals surface area contributed by atoms with E-state index in [1.807, 2.05) is 12.3 Å². The van der Waals surface area contributed by atoms with Crippen molar-refractivity contribution in [3.05, 3.63) is 23.9 Å². The normalized spacial score (nSPS) is 10.6. The van der Waals surface area contributed by atoms with E-state index >= 15 is 0 Å². The number of unbranched alkanes of at least 4 members (excludes halogenated alkanes) is 4. The number of nitrogens with zero attached hydrogens (tertiary/aromatic N) is 1. The fraction of sp³-hybridized carbons (Fsp3) is 0.667. The van der Waals surface area contributed by atoms with Crippen molar-refractivity contribution in [1.29, 1.82) is 0 Å². The maximum absolute atomic E-state index is 5.71. The van der Waals surface area contributed by atoms with Crippen LogP contribution in [0.15, 0.2) is 18.3 Å². The van der Waals surface area contributed by atoms with E-state index in [4.69, 9.17) is 4.74 Å². The third-order valence-electron chi connectivity index (χ3n) is 2.89. The standard InChI is InChI=1S/C15H26N2O/c1-3-5-6-7-8-12-18-13-14-10-9-11-17-15(14)16-4-2/h9-11H,3-8,12-13H2,1-2H3,(H,16,17). The first kappa shape index (κ1) is 15.0. The van der Waals surface area contributed by atoms with E-state index in [-0.39, 0.29) is 0 Å². The molecule has 1 aromatic rings. The zero-order valence-electron chi connectivity index (χ0n) is 11.7. The molecule has 0 aliphatic heterocycles. The van der Waals surface area contributed by atoms with Gasteiger partial charge in [-0.1, -0.05) is 38.7 Å². The summed E-state index contributed by atoms with van der Waals surface area (Å²) < 4.78 is 5.71. The van der Waals surface area contributed by atoms with E-state index in [0.29, 0.717) is 6.61 Å². The molecule has 0 aliphatic rings. The Morgan fingerprint density at radius 3 is 2.78 bits per heavy atom. The van der Waals surface area contributed by atoms with E-state index in [0.717, 1.165) is 31.0 Å². The summed E-state index contributed by atoms with van der Waals surface area (Å²) in [5.74, 6) is 0.950. The van der Waals surface area contributed by atoms with Crippen LogP contribution < -0.4 is 5.32 Å². The number of hydrogen-bond donors (Lipinski definition) is 1. The Bertz CT molecular complexity index is 315. The molecule has 0 amide bonds. The third-order valence-corrected chi connectivity index (χ3v) is 2.89. The van der Waals surface area contributed by atoms with Crippen molar-refractivity contribution in [2.45, 2.75) is 52.6 Å². The molecule has 0 spiro atoms. The van der Waals surface area contributed by atoms with Crippen molar-refractivity contribution in [3.8, 4) is 0 Å². The Morgan fingerprint density at radius 2 is 2.00 bits per heavy atom. The van der Waals surface area contributed by atoms with Gasteiger partial charge in [0.2, 0.25) is 0 Å². The predicted octanol–water partition coefficient (Wildman–Crippen LogP) is 4.00. The van der Waals surface area contributed by atoms with E-state index < -0.39 is 0 Å². The highest BCUT2D eigenvalue weighted by atomic mass is 16.5. The Labute approximate surface area is 111 Å². The molecule has 0 saturated heterocycles. The first-order valence-electron chi connectivity index (χ1n) is 7.14. The number of pyridine rings is 1. The molecular formula is C15H26N2O. The van der Waals surface area contributed by atoms with Gasteiger partial charge >= 0.3 is 0 Å². The third kappa shape index (κ3) is 6.01. The van der Waals surface area contributed by atoms with Gasteiger partial charge in [0.15, 0.2) is 0 Å². The average Bonchev–Trinajstić information content (AvgIpc) is 2.40. The molecule has 0 aliphatic carbocycles. The summed E-state index contributed by atoms with van der Waals surface area (Å²) in [6.07, 6.45) is 8.22. The van der Waals surface area contributed by atoms with Crippen LogP contribution in [0.1, 0.15) is 51.5 Å². The lowest BCUT2D eigenvalue weighted by Crippen LogP contribution is -2.05. The zero-order chi connectivity index (χ0) is 13.1. The van der Waals surface area contributed by atoms with Crippen LogP contribution >= 0.6 is 0 Å². The van der Waals surface area contributed by atoms with Gasteiger partial charge in [0, 0.05) is 24.9 Å². The molecule has 0 fully saturated rings. The minimum absolute atomic E-state index is 0.657. The monoisotopic (exact) mass is 250 g/mol. The van der Waals surface area contributed by atoms with Gasteiger partial charge in [-0.2, -0.15) is 0 Å².